The predicted molar refractivity (Wildman–Crippen MR) is 53.5 cm³/mol. The Morgan fingerprint density at radius 1 is 1.42 bits per heavy atom. The van der Waals surface area contributed by atoms with Crippen LogP contribution in [0, 0.1) is 6.92 Å². The van der Waals surface area contributed by atoms with Gasteiger partial charge in [0.1, 0.15) is 0 Å². The van der Waals surface area contributed by atoms with Crippen LogP contribution in [-0.4, -0.2) is 6.04 Å². The van der Waals surface area contributed by atoms with E-state index in [0.29, 0.717) is 0 Å². The number of hydrogen-bond donors (Lipinski definition) is 1. The van der Waals surface area contributed by atoms with Gasteiger partial charge in [-0.15, -0.1) is 0 Å². The molecule has 1 atom stereocenters. The lowest BCUT2D eigenvalue weighted by Crippen LogP contribution is -2.17. The fourth-order valence-electron chi connectivity index (χ4n) is 1.30. The molecule has 0 saturated heterocycles. The summed E-state index contributed by atoms with van der Waals surface area (Å²) in [5.41, 5.74) is 8.09. The SMILES string of the molecule is Cc1cc(Cl)cc(CC(C)N)c1. The molecular formula is C10H14ClN. The fourth-order valence-corrected chi connectivity index (χ4v) is 1.61. The molecule has 1 aromatic carbocycles. The van der Waals surface area contributed by atoms with E-state index in [1.165, 1.54) is 11.1 Å². The molecule has 0 heterocycles. The highest BCUT2D eigenvalue weighted by Gasteiger charge is 1.99. The van der Waals surface area contributed by atoms with Crippen molar-refractivity contribution in [2.75, 3.05) is 0 Å². The average Bonchev–Trinajstić information content (AvgIpc) is 1.81. The molecule has 1 unspecified atom stereocenters. The first-order valence-electron chi connectivity index (χ1n) is 4.09. The van der Waals surface area contributed by atoms with Gasteiger partial charge in [0.25, 0.3) is 0 Å². The Labute approximate surface area is 78.5 Å². The molecule has 0 radical (unpaired) electrons. The van der Waals surface area contributed by atoms with Crippen LogP contribution in [0.1, 0.15) is 18.1 Å². The van der Waals surface area contributed by atoms with E-state index in [-0.39, 0.29) is 6.04 Å². The van der Waals surface area contributed by atoms with Crippen LogP contribution in [-0.2, 0) is 6.42 Å². The third kappa shape index (κ3) is 2.84. The van der Waals surface area contributed by atoms with Crippen LogP contribution >= 0.6 is 11.6 Å². The molecule has 0 aliphatic carbocycles. The van der Waals surface area contributed by atoms with Gasteiger partial charge in [-0.3, -0.25) is 0 Å². The van der Waals surface area contributed by atoms with Gasteiger partial charge in [0.05, 0.1) is 0 Å². The minimum absolute atomic E-state index is 0.197. The Morgan fingerprint density at radius 2 is 2.08 bits per heavy atom. The zero-order chi connectivity index (χ0) is 9.14. The van der Waals surface area contributed by atoms with Crippen LogP contribution in [0.4, 0.5) is 0 Å². The molecule has 0 aliphatic heterocycles. The molecule has 0 spiro atoms. The van der Waals surface area contributed by atoms with Gasteiger partial charge in [0.15, 0.2) is 0 Å². The van der Waals surface area contributed by atoms with Crippen molar-refractivity contribution in [3.05, 3.63) is 34.3 Å². The first kappa shape index (κ1) is 9.56. The average molecular weight is 184 g/mol. The largest absolute Gasteiger partial charge is 0.328 e. The summed E-state index contributed by atoms with van der Waals surface area (Å²) in [6.07, 6.45) is 0.890. The maximum Gasteiger partial charge on any atom is 0.0411 e. The molecule has 0 amide bonds. The van der Waals surface area contributed by atoms with Gasteiger partial charge in [-0.1, -0.05) is 17.7 Å². The van der Waals surface area contributed by atoms with Crippen LogP contribution in [0.5, 0.6) is 0 Å². The molecule has 0 bridgehead atoms. The quantitative estimate of drug-likeness (QED) is 0.750. The maximum atomic E-state index is 5.89. The molecule has 1 rings (SSSR count). The van der Waals surface area contributed by atoms with Crippen molar-refractivity contribution in [3.8, 4) is 0 Å². The van der Waals surface area contributed by atoms with Crippen LogP contribution < -0.4 is 5.73 Å². The molecule has 2 heteroatoms. The lowest BCUT2D eigenvalue weighted by atomic mass is 10.1. The second-order valence-electron chi connectivity index (χ2n) is 3.32. The summed E-state index contributed by atoms with van der Waals surface area (Å²) in [7, 11) is 0. The van der Waals surface area contributed by atoms with Gasteiger partial charge in [-0.2, -0.15) is 0 Å². The van der Waals surface area contributed by atoms with Crippen molar-refractivity contribution in [2.24, 2.45) is 5.73 Å². The summed E-state index contributed by atoms with van der Waals surface area (Å²) in [6, 6.07) is 6.24. The highest BCUT2D eigenvalue weighted by molar-refractivity contribution is 6.30. The number of aryl methyl sites for hydroxylation is 1. The van der Waals surface area contributed by atoms with Gasteiger partial charge in [-0.05, 0) is 43.5 Å². The summed E-state index contributed by atoms with van der Waals surface area (Å²) in [6.45, 7) is 4.03. The van der Waals surface area contributed by atoms with Gasteiger partial charge in [-0.25, -0.2) is 0 Å². The first-order valence-corrected chi connectivity index (χ1v) is 4.47. The van der Waals surface area contributed by atoms with Crippen molar-refractivity contribution in [1.29, 1.82) is 0 Å². The van der Waals surface area contributed by atoms with Gasteiger partial charge in [0.2, 0.25) is 0 Å². The molecule has 1 aromatic rings. The zero-order valence-electron chi connectivity index (χ0n) is 7.47. The van der Waals surface area contributed by atoms with Crippen LogP contribution in [0.15, 0.2) is 18.2 Å². The Kier molecular flexibility index (Phi) is 3.12. The second-order valence-corrected chi connectivity index (χ2v) is 3.75. The Morgan fingerprint density at radius 3 is 2.58 bits per heavy atom. The Balaban J connectivity index is 2.85. The van der Waals surface area contributed by atoms with Crippen molar-refractivity contribution in [3.63, 3.8) is 0 Å². The zero-order valence-corrected chi connectivity index (χ0v) is 8.23. The summed E-state index contributed by atoms with van der Waals surface area (Å²) in [4.78, 5) is 0. The van der Waals surface area contributed by atoms with E-state index in [0.717, 1.165) is 11.4 Å². The van der Waals surface area contributed by atoms with Crippen molar-refractivity contribution in [2.45, 2.75) is 26.3 Å². The van der Waals surface area contributed by atoms with Crippen LogP contribution in [0.2, 0.25) is 5.02 Å². The van der Waals surface area contributed by atoms with Crippen molar-refractivity contribution in [1.82, 2.24) is 0 Å². The topological polar surface area (TPSA) is 26.0 Å². The number of benzene rings is 1. The molecule has 66 valence electrons. The minimum atomic E-state index is 0.197. The highest BCUT2D eigenvalue weighted by atomic mass is 35.5. The van der Waals surface area contributed by atoms with Gasteiger partial charge >= 0.3 is 0 Å². The molecule has 0 fully saturated rings. The summed E-state index contributed by atoms with van der Waals surface area (Å²) >= 11 is 5.89. The predicted octanol–water partition coefficient (Wildman–Crippen LogP) is 2.54. The normalized spacial score (nSPS) is 13.0. The van der Waals surface area contributed by atoms with Crippen LogP contribution in [0.3, 0.4) is 0 Å². The maximum absolute atomic E-state index is 5.89. The summed E-state index contributed by atoms with van der Waals surface area (Å²) in [5.74, 6) is 0. The molecule has 1 nitrogen and oxygen atoms in total. The van der Waals surface area contributed by atoms with E-state index in [4.69, 9.17) is 17.3 Å². The standard InChI is InChI=1S/C10H14ClN/c1-7-3-9(5-8(2)12)6-10(11)4-7/h3-4,6,8H,5,12H2,1-2H3. The molecule has 0 saturated carbocycles. The van der Waals surface area contributed by atoms with E-state index in [2.05, 4.69) is 6.07 Å². The Hall–Kier alpha value is -0.530. The van der Waals surface area contributed by atoms with Crippen LogP contribution in [0.25, 0.3) is 0 Å². The van der Waals surface area contributed by atoms with Gasteiger partial charge in [0, 0.05) is 11.1 Å². The fraction of sp³-hybridized carbons (Fsp3) is 0.400. The smallest absolute Gasteiger partial charge is 0.0411 e. The molecule has 0 aromatic heterocycles. The molecule has 12 heavy (non-hydrogen) atoms. The second kappa shape index (κ2) is 3.92. The first-order chi connectivity index (χ1) is 5.58. The van der Waals surface area contributed by atoms with Crippen molar-refractivity contribution >= 4 is 11.6 Å². The van der Waals surface area contributed by atoms with E-state index in [9.17, 15) is 0 Å². The van der Waals surface area contributed by atoms with Gasteiger partial charge < -0.3 is 5.73 Å². The highest BCUT2D eigenvalue weighted by Crippen LogP contribution is 2.15. The van der Waals surface area contributed by atoms with E-state index >= 15 is 0 Å². The number of rotatable bonds is 2. The lowest BCUT2D eigenvalue weighted by Gasteiger charge is -2.06. The molecule has 0 aliphatic rings. The van der Waals surface area contributed by atoms with E-state index in [1.54, 1.807) is 0 Å². The number of nitrogens with two attached hydrogens (primary N) is 1. The molecule has 2 N–H and O–H groups in total. The Bertz CT molecular complexity index is 248. The van der Waals surface area contributed by atoms with E-state index < -0.39 is 0 Å². The summed E-state index contributed by atoms with van der Waals surface area (Å²) < 4.78 is 0. The molecular weight excluding hydrogens is 170 g/mol. The number of hydrogen-bond acceptors (Lipinski definition) is 1. The summed E-state index contributed by atoms with van der Waals surface area (Å²) in [5, 5.41) is 0.797. The number of halogens is 1. The van der Waals surface area contributed by atoms with Crippen molar-refractivity contribution < 1.29 is 0 Å². The monoisotopic (exact) mass is 183 g/mol. The minimum Gasteiger partial charge on any atom is -0.328 e. The third-order valence-corrected chi connectivity index (χ3v) is 1.88. The third-order valence-electron chi connectivity index (χ3n) is 1.66. The van der Waals surface area contributed by atoms with E-state index in [1.807, 2.05) is 26.0 Å². The lowest BCUT2D eigenvalue weighted by molar-refractivity contribution is 0.738.